The largest absolute Gasteiger partial charge is 0.325 e. The van der Waals surface area contributed by atoms with Crippen LogP contribution in [0, 0.1) is 3.57 Å². The molecule has 16 heavy (non-hydrogen) atoms. The molecule has 1 saturated carbocycles. The summed E-state index contributed by atoms with van der Waals surface area (Å²) in [6, 6.07) is 0.530. The first-order chi connectivity index (χ1) is 7.75. The van der Waals surface area contributed by atoms with Crippen molar-refractivity contribution in [2.75, 3.05) is 0 Å². The van der Waals surface area contributed by atoms with Crippen molar-refractivity contribution in [2.45, 2.75) is 18.9 Å². The van der Waals surface area contributed by atoms with Crippen molar-refractivity contribution >= 4 is 22.6 Å². The SMILES string of the molecule is O=c1[nH]c(-c2cncn2C2CC2)ncc1I. The zero-order chi connectivity index (χ0) is 11.1. The van der Waals surface area contributed by atoms with E-state index in [1.165, 1.54) is 12.8 Å². The van der Waals surface area contributed by atoms with Gasteiger partial charge in [0, 0.05) is 12.2 Å². The summed E-state index contributed by atoms with van der Waals surface area (Å²) in [4.78, 5) is 22.6. The molecule has 6 heteroatoms. The van der Waals surface area contributed by atoms with Crippen LogP contribution in [0.2, 0.25) is 0 Å². The van der Waals surface area contributed by atoms with Gasteiger partial charge in [-0.1, -0.05) is 0 Å². The molecular formula is C10H9IN4O. The minimum Gasteiger partial charge on any atom is -0.325 e. The molecule has 1 aliphatic carbocycles. The fourth-order valence-electron chi connectivity index (χ4n) is 1.64. The highest BCUT2D eigenvalue weighted by Crippen LogP contribution is 2.37. The molecule has 0 bridgehead atoms. The van der Waals surface area contributed by atoms with Crippen molar-refractivity contribution < 1.29 is 0 Å². The average molecular weight is 328 g/mol. The lowest BCUT2D eigenvalue weighted by Gasteiger charge is -2.04. The van der Waals surface area contributed by atoms with Crippen molar-refractivity contribution in [3.8, 4) is 11.5 Å². The third kappa shape index (κ3) is 1.66. The molecule has 3 rings (SSSR count). The van der Waals surface area contributed by atoms with Crippen molar-refractivity contribution in [1.82, 2.24) is 19.5 Å². The number of nitrogens with one attached hydrogen (secondary N) is 1. The number of rotatable bonds is 2. The highest BCUT2D eigenvalue weighted by atomic mass is 127. The first kappa shape index (κ1) is 10.0. The van der Waals surface area contributed by atoms with Gasteiger partial charge in [0.05, 0.1) is 16.1 Å². The average Bonchev–Trinajstić information content (AvgIpc) is 3.01. The third-order valence-corrected chi connectivity index (χ3v) is 3.37. The lowest BCUT2D eigenvalue weighted by molar-refractivity contribution is 0.742. The van der Waals surface area contributed by atoms with Crippen LogP contribution < -0.4 is 5.56 Å². The van der Waals surface area contributed by atoms with E-state index in [0.717, 1.165) is 5.69 Å². The van der Waals surface area contributed by atoms with Crippen molar-refractivity contribution in [3.63, 3.8) is 0 Å². The van der Waals surface area contributed by atoms with Gasteiger partial charge in [0.1, 0.15) is 5.69 Å². The van der Waals surface area contributed by atoms with Crippen LogP contribution in [0.4, 0.5) is 0 Å². The molecule has 2 aromatic rings. The quantitative estimate of drug-likeness (QED) is 0.852. The van der Waals surface area contributed by atoms with Crippen molar-refractivity contribution in [1.29, 1.82) is 0 Å². The number of aromatic amines is 1. The molecule has 0 amide bonds. The fraction of sp³-hybridized carbons (Fsp3) is 0.300. The van der Waals surface area contributed by atoms with Crippen LogP contribution in [-0.2, 0) is 0 Å². The van der Waals surface area contributed by atoms with Gasteiger partial charge in [-0.15, -0.1) is 0 Å². The lowest BCUT2D eigenvalue weighted by Crippen LogP contribution is -2.12. The van der Waals surface area contributed by atoms with Gasteiger partial charge in [-0.2, -0.15) is 0 Å². The maximum absolute atomic E-state index is 11.5. The Bertz CT molecular complexity index is 585. The number of imidazole rings is 1. The number of aromatic nitrogens is 4. The summed E-state index contributed by atoms with van der Waals surface area (Å²) in [6.07, 6.45) is 7.48. The molecule has 82 valence electrons. The monoisotopic (exact) mass is 328 g/mol. The van der Waals surface area contributed by atoms with Gasteiger partial charge in [-0.05, 0) is 35.4 Å². The molecule has 0 spiro atoms. The standard InChI is InChI=1S/C10H9IN4O/c11-7-3-13-9(14-10(7)16)8-4-12-5-15(8)6-1-2-6/h3-6H,1-2H2,(H,13,14,16). The van der Waals surface area contributed by atoms with E-state index < -0.39 is 0 Å². The first-order valence-electron chi connectivity index (χ1n) is 5.03. The van der Waals surface area contributed by atoms with Crippen molar-refractivity contribution in [3.05, 3.63) is 32.6 Å². The van der Waals surface area contributed by atoms with Crippen LogP contribution >= 0.6 is 22.6 Å². The number of H-pyrrole nitrogens is 1. The second-order valence-corrected chi connectivity index (χ2v) is 4.99. The molecule has 0 saturated heterocycles. The summed E-state index contributed by atoms with van der Waals surface area (Å²) >= 11 is 1.96. The van der Waals surface area contributed by atoms with E-state index in [1.807, 2.05) is 22.6 Å². The minimum atomic E-state index is -0.103. The molecule has 2 aromatic heterocycles. The molecule has 1 fully saturated rings. The van der Waals surface area contributed by atoms with Crippen LogP contribution in [0.25, 0.3) is 11.5 Å². The molecule has 1 aliphatic rings. The van der Waals surface area contributed by atoms with Crippen LogP contribution in [0.1, 0.15) is 18.9 Å². The Morgan fingerprint density at radius 1 is 1.44 bits per heavy atom. The zero-order valence-electron chi connectivity index (χ0n) is 8.35. The van der Waals surface area contributed by atoms with Crippen LogP contribution in [-0.4, -0.2) is 19.5 Å². The van der Waals surface area contributed by atoms with Gasteiger partial charge < -0.3 is 9.55 Å². The highest BCUT2D eigenvalue weighted by molar-refractivity contribution is 14.1. The predicted molar refractivity (Wildman–Crippen MR) is 67.1 cm³/mol. The maximum atomic E-state index is 11.5. The second-order valence-electron chi connectivity index (χ2n) is 3.83. The van der Waals surface area contributed by atoms with Gasteiger partial charge in [-0.25, -0.2) is 9.97 Å². The first-order valence-corrected chi connectivity index (χ1v) is 6.10. The molecular weight excluding hydrogens is 319 g/mol. The lowest BCUT2D eigenvalue weighted by atomic mass is 10.4. The topological polar surface area (TPSA) is 63.6 Å². The van der Waals surface area contributed by atoms with E-state index in [0.29, 0.717) is 15.4 Å². The van der Waals surface area contributed by atoms with Crippen LogP contribution in [0.15, 0.2) is 23.5 Å². The summed E-state index contributed by atoms with van der Waals surface area (Å²) in [6.45, 7) is 0. The van der Waals surface area contributed by atoms with Gasteiger partial charge in [0.15, 0.2) is 5.82 Å². The van der Waals surface area contributed by atoms with Gasteiger partial charge >= 0.3 is 0 Å². The predicted octanol–water partition coefficient (Wildman–Crippen LogP) is 1.57. The van der Waals surface area contributed by atoms with Gasteiger partial charge in [-0.3, -0.25) is 4.79 Å². The van der Waals surface area contributed by atoms with Gasteiger partial charge in [0.2, 0.25) is 0 Å². The van der Waals surface area contributed by atoms with E-state index in [1.54, 1.807) is 18.7 Å². The molecule has 2 heterocycles. The summed E-state index contributed by atoms with van der Waals surface area (Å²) < 4.78 is 2.67. The fourth-order valence-corrected chi connectivity index (χ4v) is 1.92. The Labute approximate surface area is 105 Å². The molecule has 0 unspecified atom stereocenters. The summed E-state index contributed by atoms with van der Waals surface area (Å²) in [5, 5.41) is 0. The Hall–Kier alpha value is -1.18. The van der Waals surface area contributed by atoms with Crippen LogP contribution in [0.3, 0.4) is 0 Å². The number of halogens is 1. The van der Waals surface area contributed by atoms with E-state index in [4.69, 9.17) is 0 Å². The Morgan fingerprint density at radius 3 is 2.94 bits per heavy atom. The Balaban J connectivity index is 2.10. The van der Waals surface area contributed by atoms with Crippen LogP contribution in [0.5, 0.6) is 0 Å². The molecule has 5 nitrogen and oxygen atoms in total. The van der Waals surface area contributed by atoms with Gasteiger partial charge in [0.25, 0.3) is 5.56 Å². The normalized spacial score (nSPS) is 15.3. The van der Waals surface area contributed by atoms with E-state index in [-0.39, 0.29) is 5.56 Å². The third-order valence-electron chi connectivity index (χ3n) is 2.60. The van der Waals surface area contributed by atoms with E-state index in [2.05, 4.69) is 19.5 Å². The molecule has 0 radical (unpaired) electrons. The molecule has 0 aromatic carbocycles. The zero-order valence-corrected chi connectivity index (χ0v) is 10.5. The summed E-state index contributed by atoms with van der Waals surface area (Å²) in [7, 11) is 0. The molecule has 0 aliphatic heterocycles. The number of hydrogen-bond acceptors (Lipinski definition) is 3. The summed E-state index contributed by atoms with van der Waals surface area (Å²) in [5.74, 6) is 0.592. The molecule has 0 atom stereocenters. The summed E-state index contributed by atoms with van der Waals surface area (Å²) in [5.41, 5.74) is 0.783. The maximum Gasteiger partial charge on any atom is 0.264 e. The number of nitrogens with zero attached hydrogens (tertiary/aromatic N) is 3. The Morgan fingerprint density at radius 2 is 2.25 bits per heavy atom. The second kappa shape index (κ2) is 3.69. The van der Waals surface area contributed by atoms with Crippen molar-refractivity contribution in [2.24, 2.45) is 0 Å². The van der Waals surface area contributed by atoms with E-state index in [9.17, 15) is 4.79 Å². The highest BCUT2D eigenvalue weighted by Gasteiger charge is 2.26. The number of hydrogen-bond donors (Lipinski definition) is 1. The minimum absolute atomic E-state index is 0.103. The molecule has 1 N–H and O–H groups in total. The Kier molecular flexibility index (Phi) is 2.31. The smallest absolute Gasteiger partial charge is 0.264 e. The van der Waals surface area contributed by atoms with E-state index >= 15 is 0 Å².